The van der Waals surface area contributed by atoms with Gasteiger partial charge in [0.05, 0.1) is 0 Å². The molecule has 1 N–H and O–H groups in total. The maximum Gasteiger partial charge on any atom is 0.0476 e. The third kappa shape index (κ3) is 2.34. The Balaban J connectivity index is 1.97. The van der Waals surface area contributed by atoms with E-state index in [1.807, 2.05) is 0 Å². The summed E-state index contributed by atoms with van der Waals surface area (Å²) in [5, 5.41) is 0. The number of nitrogens with one attached hydrogen (secondary N) is 1. The second-order valence-electron chi connectivity index (χ2n) is 4.83. The number of rotatable bonds is 2. The van der Waals surface area contributed by atoms with E-state index in [1.54, 1.807) is 0 Å². The van der Waals surface area contributed by atoms with E-state index in [4.69, 9.17) is 0 Å². The van der Waals surface area contributed by atoms with Crippen molar-refractivity contribution in [3.05, 3.63) is 24.5 Å². The SMILES string of the molecule is CC1CN(C)C(C)CC1Nn1cccc1. The highest BCUT2D eigenvalue weighted by Gasteiger charge is 2.28. The smallest absolute Gasteiger partial charge is 0.0476 e. The topological polar surface area (TPSA) is 20.2 Å². The summed E-state index contributed by atoms with van der Waals surface area (Å²) < 4.78 is 2.07. The summed E-state index contributed by atoms with van der Waals surface area (Å²) in [5.74, 6) is 0.702. The molecule has 15 heavy (non-hydrogen) atoms. The monoisotopic (exact) mass is 207 g/mol. The molecule has 1 aliphatic heterocycles. The molecule has 3 heteroatoms. The Kier molecular flexibility index (Phi) is 3.00. The van der Waals surface area contributed by atoms with Gasteiger partial charge in [-0.05, 0) is 38.4 Å². The van der Waals surface area contributed by atoms with Gasteiger partial charge in [-0.25, -0.2) is 0 Å². The second-order valence-corrected chi connectivity index (χ2v) is 4.83. The molecule has 1 fully saturated rings. The van der Waals surface area contributed by atoms with Crippen LogP contribution in [-0.4, -0.2) is 35.3 Å². The molecule has 0 amide bonds. The highest BCUT2D eigenvalue weighted by molar-refractivity contribution is 4.99. The summed E-state index contributed by atoms with van der Waals surface area (Å²) in [6.45, 7) is 5.81. The number of nitrogens with zero attached hydrogens (tertiary/aromatic N) is 2. The van der Waals surface area contributed by atoms with Gasteiger partial charge in [-0.3, -0.25) is 4.68 Å². The summed E-state index contributed by atoms with van der Waals surface area (Å²) in [6, 6.07) is 5.37. The van der Waals surface area contributed by atoms with Crippen molar-refractivity contribution in [3.8, 4) is 0 Å². The van der Waals surface area contributed by atoms with Crippen LogP contribution in [0.3, 0.4) is 0 Å². The highest BCUT2D eigenvalue weighted by atomic mass is 15.4. The zero-order chi connectivity index (χ0) is 10.8. The average Bonchev–Trinajstić information content (AvgIpc) is 2.67. The summed E-state index contributed by atoms with van der Waals surface area (Å²) in [4.78, 5) is 2.44. The normalized spacial score (nSPS) is 32.9. The Bertz CT molecular complexity index is 294. The van der Waals surface area contributed by atoms with E-state index in [-0.39, 0.29) is 0 Å². The van der Waals surface area contributed by atoms with Gasteiger partial charge in [0.1, 0.15) is 0 Å². The minimum atomic E-state index is 0.587. The summed E-state index contributed by atoms with van der Waals surface area (Å²) in [6.07, 6.45) is 5.35. The molecule has 3 atom stereocenters. The molecular formula is C12H21N3. The van der Waals surface area contributed by atoms with E-state index in [1.165, 1.54) is 13.0 Å². The average molecular weight is 207 g/mol. The molecule has 0 aromatic carbocycles. The molecule has 2 rings (SSSR count). The third-order valence-corrected chi connectivity index (χ3v) is 3.53. The van der Waals surface area contributed by atoms with Crippen LogP contribution in [0.2, 0.25) is 0 Å². The van der Waals surface area contributed by atoms with Crippen LogP contribution in [0.25, 0.3) is 0 Å². The zero-order valence-corrected chi connectivity index (χ0v) is 9.85. The van der Waals surface area contributed by atoms with Crippen LogP contribution in [0.4, 0.5) is 0 Å². The van der Waals surface area contributed by atoms with Crippen molar-refractivity contribution >= 4 is 0 Å². The van der Waals surface area contributed by atoms with Gasteiger partial charge >= 0.3 is 0 Å². The lowest BCUT2D eigenvalue weighted by molar-refractivity contribution is 0.141. The Labute approximate surface area is 92.0 Å². The van der Waals surface area contributed by atoms with Gasteiger partial charge in [0.2, 0.25) is 0 Å². The fraction of sp³-hybridized carbons (Fsp3) is 0.667. The Morgan fingerprint density at radius 1 is 1.20 bits per heavy atom. The second kappa shape index (κ2) is 4.27. The molecule has 1 saturated heterocycles. The molecule has 84 valence electrons. The van der Waals surface area contributed by atoms with Gasteiger partial charge in [-0.2, -0.15) is 0 Å². The van der Waals surface area contributed by atoms with Crippen LogP contribution in [0.15, 0.2) is 24.5 Å². The van der Waals surface area contributed by atoms with E-state index >= 15 is 0 Å². The van der Waals surface area contributed by atoms with E-state index in [0.29, 0.717) is 18.0 Å². The number of piperidine rings is 1. The quantitative estimate of drug-likeness (QED) is 0.797. The highest BCUT2D eigenvalue weighted by Crippen LogP contribution is 2.21. The van der Waals surface area contributed by atoms with Crippen molar-refractivity contribution in [1.82, 2.24) is 9.58 Å². The van der Waals surface area contributed by atoms with E-state index in [9.17, 15) is 0 Å². The molecule has 1 aliphatic rings. The van der Waals surface area contributed by atoms with Gasteiger partial charge in [0, 0.05) is 31.0 Å². The van der Waals surface area contributed by atoms with E-state index in [0.717, 1.165) is 0 Å². The lowest BCUT2D eigenvalue weighted by Crippen LogP contribution is -2.49. The fourth-order valence-electron chi connectivity index (χ4n) is 2.33. The largest absolute Gasteiger partial charge is 0.323 e. The lowest BCUT2D eigenvalue weighted by atomic mass is 9.90. The lowest BCUT2D eigenvalue weighted by Gasteiger charge is -2.40. The van der Waals surface area contributed by atoms with Gasteiger partial charge in [-0.15, -0.1) is 0 Å². The number of likely N-dealkylation sites (tertiary alicyclic amines) is 1. The van der Waals surface area contributed by atoms with Gasteiger partial charge in [-0.1, -0.05) is 6.92 Å². The zero-order valence-electron chi connectivity index (χ0n) is 9.85. The number of hydrogen-bond donors (Lipinski definition) is 1. The Morgan fingerprint density at radius 2 is 1.87 bits per heavy atom. The molecule has 0 saturated carbocycles. The van der Waals surface area contributed by atoms with Gasteiger partial charge in [0.15, 0.2) is 0 Å². The van der Waals surface area contributed by atoms with Crippen molar-refractivity contribution in [2.24, 2.45) is 5.92 Å². The number of hydrogen-bond acceptors (Lipinski definition) is 2. The number of aromatic nitrogens is 1. The minimum Gasteiger partial charge on any atom is -0.323 e. The predicted molar refractivity (Wildman–Crippen MR) is 63.5 cm³/mol. The maximum absolute atomic E-state index is 3.55. The minimum absolute atomic E-state index is 0.587. The van der Waals surface area contributed by atoms with Gasteiger partial charge in [0.25, 0.3) is 0 Å². The molecule has 0 bridgehead atoms. The standard InChI is InChI=1S/C12H21N3/c1-10-9-14(3)11(2)8-12(10)13-15-6-4-5-7-15/h4-7,10-13H,8-9H2,1-3H3. The molecule has 0 spiro atoms. The van der Waals surface area contributed by atoms with Crippen molar-refractivity contribution in [1.29, 1.82) is 0 Å². The first-order valence-electron chi connectivity index (χ1n) is 5.76. The van der Waals surface area contributed by atoms with Crippen LogP contribution >= 0.6 is 0 Å². The van der Waals surface area contributed by atoms with Crippen LogP contribution in [-0.2, 0) is 0 Å². The van der Waals surface area contributed by atoms with E-state index < -0.39 is 0 Å². The predicted octanol–water partition coefficient (Wildman–Crippen LogP) is 1.76. The fourth-order valence-corrected chi connectivity index (χ4v) is 2.33. The van der Waals surface area contributed by atoms with Crippen molar-refractivity contribution in [2.75, 3.05) is 19.0 Å². The molecule has 1 aromatic heterocycles. The maximum atomic E-state index is 3.55. The molecule has 2 heterocycles. The summed E-state index contributed by atoms with van der Waals surface area (Å²) >= 11 is 0. The van der Waals surface area contributed by atoms with Crippen molar-refractivity contribution < 1.29 is 0 Å². The Morgan fingerprint density at radius 3 is 2.53 bits per heavy atom. The molecule has 3 unspecified atom stereocenters. The van der Waals surface area contributed by atoms with Crippen LogP contribution in [0.5, 0.6) is 0 Å². The van der Waals surface area contributed by atoms with Crippen LogP contribution in [0.1, 0.15) is 20.3 Å². The van der Waals surface area contributed by atoms with Crippen molar-refractivity contribution in [3.63, 3.8) is 0 Å². The summed E-state index contributed by atoms with van der Waals surface area (Å²) in [7, 11) is 2.22. The molecular weight excluding hydrogens is 186 g/mol. The third-order valence-electron chi connectivity index (χ3n) is 3.53. The molecule has 0 aliphatic carbocycles. The first kappa shape index (κ1) is 10.6. The first-order valence-corrected chi connectivity index (χ1v) is 5.76. The van der Waals surface area contributed by atoms with Gasteiger partial charge < -0.3 is 10.3 Å². The first-order chi connectivity index (χ1) is 7.16. The van der Waals surface area contributed by atoms with E-state index in [2.05, 4.69) is 60.4 Å². The van der Waals surface area contributed by atoms with Crippen LogP contribution < -0.4 is 5.43 Å². The summed E-state index contributed by atoms with van der Waals surface area (Å²) in [5.41, 5.74) is 3.55. The molecule has 0 radical (unpaired) electrons. The molecule has 3 nitrogen and oxygen atoms in total. The van der Waals surface area contributed by atoms with Crippen LogP contribution in [0, 0.1) is 5.92 Å². The Hall–Kier alpha value is -0.960. The van der Waals surface area contributed by atoms with Crippen molar-refractivity contribution in [2.45, 2.75) is 32.4 Å². The molecule has 1 aromatic rings.